The number of hydrogen-bond acceptors (Lipinski definition) is 5. The zero-order valence-corrected chi connectivity index (χ0v) is 18.8. The van der Waals surface area contributed by atoms with Crippen LogP contribution in [0.3, 0.4) is 0 Å². The molecule has 2 aliphatic heterocycles. The van der Waals surface area contributed by atoms with Crippen molar-refractivity contribution in [2.24, 2.45) is 4.99 Å². The Hall–Kier alpha value is -1.80. The quantitative estimate of drug-likeness (QED) is 0.577. The van der Waals surface area contributed by atoms with Crippen LogP contribution in [-0.2, 0) is 9.84 Å². The zero-order chi connectivity index (χ0) is 21.1. The maximum Gasteiger partial charge on any atom is 0.193 e. The van der Waals surface area contributed by atoms with E-state index in [4.69, 9.17) is 4.74 Å². The first-order valence-electron chi connectivity index (χ1n) is 10.3. The van der Waals surface area contributed by atoms with Crippen molar-refractivity contribution in [1.29, 1.82) is 0 Å². The topological polar surface area (TPSA) is 74.2 Å². The lowest BCUT2D eigenvalue weighted by atomic mass is 10.1. The number of methoxy groups -OCH3 is 1. The number of guanidine groups is 1. The van der Waals surface area contributed by atoms with Crippen LogP contribution in [0.5, 0.6) is 5.75 Å². The van der Waals surface area contributed by atoms with Gasteiger partial charge in [0.15, 0.2) is 15.8 Å². The van der Waals surface area contributed by atoms with Gasteiger partial charge in [0.05, 0.1) is 23.7 Å². The standard InChI is InChI=1S/C21H34N4O3S/c1-21(2)16-25(13-14-29(21,26)27)20(22-3)23-15-19(24-11-5-6-12-24)17-7-9-18(28-4)10-8-17/h7-10,19H,5-6,11-16H2,1-4H3,(H,22,23). The number of rotatable bonds is 5. The number of nitrogens with zero attached hydrogens (tertiary/aromatic N) is 3. The van der Waals surface area contributed by atoms with E-state index in [-0.39, 0.29) is 11.8 Å². The van der Waals surface area contributed by atoms with Crippen LogP contribution in [0.1, 0.15) is 38.3 Å². The molecular weight excluding hydrogens is 388 g/mol. The molecule has 1 N–H and O–H groups in total. The highest BCUT2D eigenvalue weighted by Crippen LogP contribution is 2.27. The van der Waals surface area contributed by atoms with Gasteiger partial charge < -0.3 is 15.0 Å². The number of ether oxygens (including phenoxy) is 1. The summed E-state index contributed by atoms with van der Waals surface area (Å²) in [6.45, 7) is 7.42. The first-order valence-corrected chi connectivity index (χ1v) is 12.0. The second-order valence-electron chi connectivity index (χ2n) is 8.46. The summed E-state index contributed by atoms with van der Waals surface area (Å²) in [4.78, 5) is 9.02. The molecule has 2 aliphatic rings. The molecule has 162 valence electrons. The fraction of sp³-hybridized carbons (Fsp3) is 0.667. The lowest BCUT2D eigenvalue weighted by Gasteiger charge is -2.39. The molecule has 1 atom stereocenters. The molecule has 2 saturated heterocycles. The molecule has 1 aromatic rings. The first-order chi connectivity index (χ1) is 13.8. The summed E-state index contributed by atoms with van der Waals surface area (Å²) >= 11 is 0. The summed E-state index contributed by atoms with van der Waals surface area (Å²) in [5.74, 6) is 1.79. The van der Waals surface area contributed by atoms with Crippen molar-refractivity contribution in [3.63, 3.8) is 0 Å². The summed E-state index contributed by atoms with van der Waals surface area (Å²) < 4.78 is 29.2. The Bertz CT molecular complexity index is 815. The highest BCUT2D eigenvalue weighted by atomic mass is 32.2. The highest BCUT2D eigenvalue weighted by molar-refractivity contribution is 7.92. The van der Waals surface area contributed by atoms with Crippen LogP contribution in [0.2, 0.25) is 0 Å². The first kappa shape index (κ1) is 21.9. The van der Waals surface area contributed by atoms with Gasteiger partial charge in [0.25, 0.3) is 0 Å². The van der Waals surface area contributed by atoms with Crippen LogP contribution in [-0.4, -0.2) is 81.6 Å². The van der Waals surface area contributed by atoms with Crippen molar-refractivity contribution < 1.29 is 13.2 Å². The van der Waals surface area contributed by atoms with Crippen LogP contribution >= 0.6 is 0 Å². The van der Waals surface area contributed by atoms with Crippen molar-refractivity contribution in [2.75, 3.05) is 52.6 Å². The van der Waals surface area contributed by atoms with E-state index in [1.807, 2.05) is 12.1 Å². The molecule has 1 aromatic carbocycles. The molecule has 0 radical (unpaired) electrons. The van der Waals surface area contributed by atoms with Gasteiger partial charge in [-0.15, -0.1) is 0 Å². The van der Waals surface area contributed by atoms with Gasteiger partial charge in [-0.2, -0.15) is 0 Å². The van der Waals surface area contributed by atoms with E-state index in [0.717, 1.165) is 31.3 Å². The van der Waals surface area contributed by atoms with Gasteiger partial charge in [0, 0.05) is 26.7 Å². The number of likely N-dealkylation sites (tertiary alicyclic amines) is 1. The third-order valence-corrected chi connectivity index (χ3v) is 8.62. The molecule has 3 rings (SSSR count). The molecular formula is C21H34N4O3S. The third kappa shape index (κ3) is 4.86. The summed E-state index contributed by atoms with van der Waals surface area (Å²) in [5.41, 5.74) is 1.25. The summed E-state index contributed by atoms with van der Waals surface area (Å²) in [5, 5.41) is 3.52. The zero-order valence-electron chi connectivity index (χ0n) is 18.0. The van der Waals surface area contributed by atoms with Gasteiger partial charge in [0.1, 0.15) is 5.75 Å². The fourth-order valence-corrected chi connectivity index (χ4v) is 5.55. The van der Waals surface area contributed by atoms with Crippen molar-refractivity contribution in [3.05, 3.63) is 29.8 Å². The second-order valence-corrected chi connectivity index (χ2v) is 11.2. The molecule has 29 heavy (non-hydrogen) atoms. The van der Waals surface area contributed by atoms with E-state index in [2.05, 4.69) is 32.2 Å². The Labute approximate surface area is 175 Å². The minimum Gasteiger partial charge on any atom is -0.497 e. The minimum atomic E-state index is -3.07. The average Bonchev–Trinajstić information content (AvgIpc) is 3.22. The maximum atomic E-state index is 12.3. The Morgan fingerprint density at radius 3 is 2.41 bits per heavy atom. The summed E-state index contributed by atoms with van der Waals surface area (Å²) in [7, 11) is 0.366. The lowest BCUT2D eigenvalue weighted by Crippen LogP contribution is -2.57. The summed E-state index contributed by atoms with van der Waals surface area (Å²) in [6.07, 6.45) is 2.44. The number of hydrogen-bond donors (Lipinski definition) is 1. The van der Waals surface area contributed by atoms with Gasteiger partial charge in [-0.3, -0.25) is 9.89 Å². The molecule has 0 spiro atoms. The van der Waals surface area contributed by atoms with Crippen molar-refractivity contribution in [1.82, 2.24) is 15.1 Å². The minimum absolute atomic E-state index is 0.161. The van der Waals surface area contributed by atoms with Crippen LogP contribution in [0.25, 0.3) is 0 Å². The predicted octanol–water partition coefficient (Wildman–Crippen LogP) is 1.92. The maximum absolute atomic E-state index is 12.3. The smallest absolute Gasteiger partial charge is 0.193 e. The summed E-state index contributed by atoms with van der Waals surface area (Å²) in [6, 6.07) is 8.50. The molecule has 7 nitrogen and oxygen atoms in total. The van der Waals surface area contributed by atoms with Crippen LogP contribution in [0.4, 0.5) is 0 Å². The van der Waals surface area contributed by atoms with Crippen LogP contribution in [0, 0.1) is 0 Å². The van der Waals surface area contributed by atoms with Gasteiger partial charge >= 0.3 is 0 Å². The largest absolute Gasteiger partial charge is 0.497 e. The molecule has 0 bridgehead atoms. The molecule has 1 unspecified atom stereocenters. The van der Waals surface area contributed by atoms with E-state index in [9.17, 15) is 8.42 Å². The Kier molecular flexibility index (Phi) is 6.73. The van der Waals surface area contributed by atoms with Gasteiger partial charge in [-0.25, -0.2) is 8.42 Å². The molecule has 2 heterocycles. The van der Waals surface area contributed by atoms with E-state index >= 15 is 0 Å². The van der Waals surface area contributed by atoms with E-state index < -0.39 is 14.6 Å². The van der Waals surface area contributed by atoms with Crippen molar-refractivity contribution in [3.8, 4) is 5.75 Å². The van der Waals surface area contributed by atoms with Crippen molar-refractivity contribution in [2.45, 2.75) is 37.5 Å². The second kappa shape index (κ2) is 8.92. The van der Waals surface area contributed by atoms with E-state index in [1.54, 1.807) is 28.0 Å². The molecule has 2 fully saturated rings. The number of sulfone groups is 1. The average molecular weight is 423 g/mol. The Morgan fingerprint density at radius 2 is 1.86 bits per heavy atom. The fourth-order valence-electron chi connectivity index (χ4n) is 4.18. The van der Waals surface area contributed by atoms with E-state index in [1.165, 1.54) is 18.4 Å². The molecule has 0 aromatic heterocycles. The molecule has 8 heteroatoms. The van der Waals surface area contributed by atoms with Crippen molar-refractivity contribution >= 4 is 15.8 Å². The van der Waals surface area contributed by atoms with Gasteiger partial charge in [0.2, 0.25) is 0 Å². The Morgan fingerprint density at radius 1 is 1.21 bits per heavy atom. The SMILES string of the molecule is CN=C(NCC(c1ccc(OC)cc1)N1CCCC1)N1CCS(=O)(=O)C(C)(C)C1. The molecule has 0 aliphatic carbocycles. The predicted molar refractivity (Wildman–Crippen MR) is 117 cm³/mol. The van der Waals surface area contributed by atoms with Crippen LogP contribution < -0.4 is 10.1 Å². The molecule has 0 amide bonds. The molecule has 0 saturated carbocycles. The van der Waals surface area contributed by atoms with Gasteiger partial charge in [-0.05, 0) is 57.5 Å². The van der Waals surface area contributed by atoms with Gasteiger partial charge in [-0.1, -0.05) is 12.1 Å². The lowest BCUT2D eigenvalue weighted by molar-refractivity contribution is 0.242. The number of aliphatic imine (C=N–C) groups is 1. The highest BCUT2D eigenvalue weighted by Gasteiger charge is 2.41. The third-order valence-electron chi connectivity index (χ3n) is 6.09. The number of benzene rings is 1. The Balaban J connectivity index is 1.72. The monoisotopic (exact) mass is 422 g/mol. The van der Waals surface area contributed by atoms with Crippen LogP contribution in [0.15, 0.2) is 29.3 Å². The normalized spacial score (nSPS) is 23.0. The van der Waals surface area contributed by atoms with E-state index in [0.29, 0.717) is 13.1 Å². The number of nitrogens with one attached hydrogen (secondary N) is 1.